The molecule has 0 radical (unpaired) electrons. The average molecular weight is 282 g/mol. The normalized spacial score (nSPS) is 33.6. The Morgan fingerprint density at radius 1 is 1.35 bits per heavy atom. The molecule has 1 saturated carbocycles. The number of hydrogen-bond acceptors (Lipinski definition) is 3. The van der Waals surface area contributed by atoms with Crippen LogP contribution in [0.4, 0.5) is 0 Å². The smallest absolute Gasteiger partial charge is 0.220 e. The highest BCUT2D eigenvalue weighted by molar-refractivity contribution is 5.76. The Labute approximate surface area is 122 Å². The molecule has 3 N–H and O–H groups in total. The summed E-state index contributed by atoms with van der Waals surface area (Å²) in [6, 6.07) is 0.632. The minimum atomic E-state index is -0.105. The van der Waals surface area contributed by atoms with Crippen LogP contribution >= 0.6 is 0 Å². The molecule has 3 unspecified atom stereocenters. The second kappa shape index (κ2) is 6.90. The van der Waals surface area contributed by atoms with Crippen LogP contribution in [0, 0.1) is 5.92 Å². The molecule has 2 fully saturated rings. The molecular formula is C16H30N2O2. The van der Waals surface area contributed by atoms with Crippen molar-refractivity contribution in [1.82, 2.24) is 5.32 Å². The van der Waals surface area contributed by atoms with Gasteiger partial charge in [0.15, 0.2) is 0 Å². The number of rotatable bonds is 4. The number of hydrogen-bond donors (Lipinski definition) is 2. The summed E-state index contributed by atoms with van der Waals surface area (Å²) in [6.07, 6.45) is 8.20. The first kappa shape index (κ1) is 15.8. The largest absolute Gasteiger partial charge is 0.375 e. The van der Waals surface area contributed by atoms with Gasteiger partial charge in [-0.05, 0) is 51.9 Å². The third kappa shape index (κ3) is 5.06. The van der Waals surface area contributed by atoms with Crippen LogP contribution in [-0.4, -0.2) is 30.2 Å². The van der Waals surface area contributed by atoms with E-state index >= 15 is 0 Å². The van der Waals surface area contributed by atoms with Crippen LogP contribution in [0.25, 0.3) is 0 Å². The van der Waals surface area contributed by atoms with Crippen LogP contribution in [0.5, 0.6) is 0 Å². The van der Waals surface area contributed by atoms with E-state index in [2.05, 4.69) is 19.2 Å². The molecule has 3 atom stereocenters. The molecule has 4 heteroatoms. The number of amides is 1. The maximum Gasteiger partial charge on any atom is 0.220 e. The predicted molar refractivity (Wildman–Crippen MR) is 80.4 cm³/mol. The summed E-state index contributed by atoms with van der Waals surface area (Å²) in [7, 11) is 0. The van der Waals surface area contributed by atoms with Gasteiger partial charge in [0.2, 0.25) is 5.91 Å². The molecule has 1 aliphatic carbocycles. The fraction of sp³-hybridized carbons (Fsp3) is 0.938. The topological polar surface area (TPSA) is 64.4 Å². The van der Waals surface area contributed by atoms with Gasteiger partial charge in [0, 0.05) is 25.1 Å². The molecule has 4 nitrogen and oxygen atoms in total. The fourth-order valence-electron chi connectivity index (χ4n) is 3.58. The number of carbonyl (C=O) groups is 1. The second-order valence-corrected chi connectivity index (χ2v) is 7.20. The molecular weight excluding hydrogens is 252 g/mol. The van der Waals surface area contributed by atoms with Crippen molar-refractivity contribution in [3.63, 3.8) is 0 Å². The van der Waals surface area contributed by atoms with Crippen molar-refractivity contribution in [2.75, 3.05) is 6.61 Å². The number of nitrogens with two attached hydrogens (primary N) is 1. The zero-order chi connectivity index (χ0) is 14.6. The number of ether oxygens (including phenoxy) is 1. The monoisotopic (exact) mass is 282 g/mol. The molecule has 0 aromatic rings. The van der Waals surface area contributed by atoms with E-state index in [-0.39, 0.29) is 17.6 Å². The van der Waals surface area contributed by atoms with Crippen molar-refractivity contribution in [2.45, 2.75) is 82.9 Å². The fourth-order valence-corrected chi connectivity index (χ4v) is 3.58. The second-order valence-electron chi connectivity index (χ2n) is 7.20. The average Bonchev–Trinajstić information content (AvgIpc) is 2.35. The number of carbonyl (C=O) groups excluding carboxylic acids is 1. The Hall–Kier alpha value is -0.610. The maximum atomic E-state index is 12.1. The zero-order valence-electron chi connectivity index (χ0n) is 13.0. The lowest BCUT2D eigenvalue weighted by atomic mass is 9.83. The summed E-state index contributed by atoms with van der Waals surface area (Å²) in [4.78, 5) is 12.1. The Balaban J connectivity index is 1.67. The number of nitrogens with one attached hydrogen (secondary N) is 1. The highest BCUT2D eigenvalue weighted by Crippen LogP contribution is 2.27. The van der Waals surface area contributed by atoms with E-state index in [1.165, 1.54) is 12.8 Å². The third-order valence-corrected chi connectivity index (χ3v) is 4.67. The molecule has 116 valence electrons. The Kier molecular flexibility index (Phi) is 5.44. The van der Waals surface area contributed by atoms with Crippen molar-refractivity contribution >= 4 is 5.91 Å². The van der Waals surface area contributed by atoms with Crippen LogP contribution in [0.15, 0.2) is 0 Å². The van der Waals surface area contributed by atoms with E-state index in [4.69, 9.17) is 10.5 Å². The molecule has 20 heavy (non-hydrogen) atoms. The van der Waals surface area contributed by atoms with Crippen LogP contribution < -0.4 is 11.1 Å². The van der Waals surface area contributed by atoms with E-state index < -0.39 is 0 Å². The van der Waals surface area contributed by atoms with Gasteiger partial charge >= 0.3 is 0 Å². The van der Waals surface area contributed by atoms with Crippen molar-refractivity contribution in [1.29, 1.82) is 0 Å². The lowest BCUT2D eigenvalue weighted by Crippen LogP contribution is -2.45. The van der Waals surface area contributed by atoms with Gasteiger partial charge in [-0.2, -0.15) is 0 Å². The SMILES string of the molecule is CC1(C)CC(NC(=O)CCC2CCCC(N)C2)CCO1. The van der Waals surface area contributed by atoms with Crippen LogP contribution in [0.2, 0.25) is 0 Å². The highest BCUT2D eigenvalue weighted by atomic mass is 16.5. The molecule has 1 saturated heterocycles. The van der Waals surface area contributed by atoms with Gasteiger partial charge in [0.1, 0.15) is 0 Å². The zero-order valence-corrected chi connectivity index (χ0v) is 13.0. The minimum absolute atomic E-state index is 0.105. The third-order valence-electron chi connectivity index (χ3n) is 4.67. The molecule has 0 aromatic carbocycles. The summed E-state index contributed by atoms with van der Waals surface area (Å²) in [5.74, 6) is 0.850. The quantitative estimate of drug-likeness (QED) is 0.832. The van der Waals surface area contributed by atoms with Gasteiger partial charge in [-0.1, -0.05) is 12.8 Å². The van der Waals surface area contributed by atoms with Crippen molar-refractivity contribution < 1.29 is 9.53 Å². The molecule has 0 spiro atoms. The van der Waals surface area contributed by atoms with Crippen molar-refractivity contribution in [3.05, 3.63) is 0 Å². The first-order chi connectivity index (χ1) is 9.44. The summed E-state index contributed by atoms with van der Waals surface area (Å²) in [5, 5.41) is 3.18. The van der Waals surface area contributed by atoms with Crippen LogP contribution in [0.3, 0.4) is 0 Å². The Bertz CT molecular complexity index is 330. The molecule has 2 rings (SSSR count). The Morgan fingerprint density at radius 2 is 2.15 bits per heavy atom. The Morgan fingerprint density at radius 3 is 2.85 bits per heavy atom. The van der Waals surface area contributed by atoms with Gasteiger partial charge < -0.3 is 15.8 Å². The van der Waals surface area contributed by atoms with Gasteiger partial charge in [0.25, 0.3) is 0 Å². The van der Waals surface area contributed by atoms with Gasteiger partial charge in [0.05, 0.1) is 5.60 Å². The lowest BCUT2D eigenvalue weighted by Gasteiger charge is -2.36. The molecule has 0 bridgehead atoms. The van der Waals surface area contributed by atoms with Crippen LogP contribution in [-0.2, 0) is 9.53 Å². The van der Waals surface area contributed by atoms with Crippen molar-refractivity contribution in [3.8, 4) is 0 Å². The summed E-state index contributed by atoms with van der Waals surface area (Å²) < 4.78 is 5.68. The standard InChI is InChI=1S/C16H30N2O2/c1-16(2)11-14(8-9-20-16)18-15(19)7-6-12-4-3-5-13(17)10-12/h12-14H,3-11,17H2,1-2H3,(H,18,19). The maximum absolute atomic E-state index is 12.1. The summed E-state index contributed by atoms with van der Waals surface area (Å²) in [5.41, 5.74) is 5.89. The molecule has 2 aliphatic rings. The van der Waals surface area contributed by atoms with Crippen molar-refractivity contribution in [2.24, 2.45) is 11.7 Å². The summed E-state index contributed by atoms with van der Waals surface area (Å²) in [6.45, 7) is 4.93. The van der Waals surface area contributed by atoms with E-state index in [1.807, 2.05) is 0 Å². The van der Waals surface area contributed by atoms with Gasteiger partial charge in [-0.15, -0.1) is 0 Å². The van der Waals surface area contributed by atoms with Crippen LogP contribution in [0.1, 0.15) is 65.2 Å². The van der Waals surface area contributed by atoms with E-state index in [1.54, 1.807) is 0 Å². The van der Waals surface area contributed by atoms with E-state index in [9.17, 15) is 4.79 Å². The predicted octanol–water partition coefficient (Wildman–Crippen LogP) is 2.36. The molecule has 0 aromatic heterocycles. The minimum Gasteiger partial charge on any atom is -0.375 e. The van der Waals surface area contributed by atoms with E-state index in [0.29, 0.717) is 18.4 Å². The van der Waals surface area contributed by atoms with Gasteiger partial charge in [-0.3, -0.25) is 4.79 Å². The van der Waals surface area contributed by atoms with E-state index in [0.717, 1.165) is 38.7 Å². The first-order valence-electron chi connectivity index (χ1n) is 8.13. The summed E-state index contributed by atoms with van der Waals surface area (Å²) >= 11 is 0. The molecule has 1 aliphatic heterocycles. The lowest BCUT2D eigenvalue weighted by molar-refractivity contribution is -0.124. The molecule has 1 heterocycles. The molecule has 1 amide bonds. The first-order valence-corrected chi connectivity index (χ1v) is 8.13. The van der Waals surface area contributed by atoms with Gasteiger partial charge in [-0.25, -0.2) is 0 Å². The highest BCUT2D eigenvalue weighted by Gasteiger charge is 2.29.